The van der Waals surface area contributed by atoms with Crippen molar-refractivity contribution in [3.63, 3.8) is 0 Å². The molecule has 2 rings (SSSR count). The van der Waals surface area contributed by atoms with Crippen LogP contribution in [0.1, 0.15) is 24.2 Å². The molecular weight excluding hydrogens is 252 g/mol. The number of amides is 1. The van der Waals surface area contributed by atoms with Gasteiger partial charge in [0.2, 0.25) is 0 Å². The van der Waals surface area contributed by atoms with Gasteiger partial charge in [0.25, 0.3) is 5.91 Å². The highest BCUT2D eigenvalue weighted by molar-refractivity contribution is 6.03. The van der Waals surface area contributed by atoms with E-state index < -0.39 is 0 Å². The number of fused-ring (bicyclic) bond motifs is 1. The number of carbonyl (C=O) groups is 1. The molecule has 0 aliphatic carbocycles. The lowest BCUT2D eigenvalue weighted by molar-refractivity contribution is 0.0912. The molecule has 0 unspecified atom stereocenters. The topological polar surface area (TPSA) is 75.3 Å². The van der Waals surface area contributed by atoms with Gasteiger partial charge in [-0.15, -0.1) is 0 Å². The van der Waals surface area contributed by atoms with Crippen molar-refractivity contribution >= 4 is 22.4 Å². The standard InChI is InChI=1S/C16H20N2O2/c1-16(2,10-19)9-18-15(20)13-7-11-5-3-4-6-12(11)8-14(13)17/h3-8,19H,9-10,17H2,1-2H3,(H,18,20). The third-order valence-corrected chi connectivity index (χ3v) is 3.32. The van der Waals surface area contributed by atoms with Crippen LogP contribution in [0.5, 0.6) is 0 Å². The quantitative estimate of drug-likeness (QED) is 0.747. The Labute approximate surface area is 118 Å². The fourth-order valence-corrected chi connectivity index (χ4v) is 1.93. The smallest absolute Gasteiger partial charge is 0.253 e. The first-order valence-corrected chi connectivity index (χ1v) is 6.60. The molecule has 0 fully saturated rings. The number of hydrogen-bond donors (Lipinski definition) is 3. The van der Waals surface area contributed by atoms with Crippen LogP contribution in [0.25, 0.3) is 10.8 Å². The molecule has 2 aromatic rings. The highest BCUT2D eigenvalue weighted by Gasteiger charge is 2.19. The monoisotopic (exact) mass is 272 g/mol. The molecular formula is C16H20N2O2. The molecule has 0 atom stereocenters. The van der Waals surface area contributed by atoms with Gasteiger partial charge < -0.3 is 16.2 Å². The maximum atomic E-state index is 12.2. The summed E-state index contributed by atoms with van der Waals surface area (Å²) >= 11 is 0. The first-order chi connectivity index (χ1) is 9.43. The van der Waals surface area contributed by atoms with Gasteiger partial charge in [-0.05, 0) is 22.9 Å². The third kappa shape index (κ3) is 3.08. The number of aliphatic hydroxyl groups excluding tert-OH is 1. The van der Waals surface area contributed by atoms with Crippen LogP contribution in [-0.2, 0) is 0 Å². The minimum absolute atomic E-state index is 0.0144. The molecule has 0 aliphatic heterocycles. The largest absolute Gasteiger partial charge is 0.398 e. The Balaban J connectivity index is 2.24. The van der Waals surface area contributed by atoms with Crippen molar-refractivity contribution in [3.05, 3.63) is 42.0 Å². The second kappa shape index (κ2) is 5.51. The van der Waals surface area contributed by atoms with E-state index in [1.165, 1.54) is 0 Å². The average Bonchev–Trinajstić information content (AvgIpc) is 2.44. The number of anilines is 1. The van der Waals surface area contributed by atoms with Gasteiger partial charge >= 0.3 is 0 Å². The summed E-state index contributed by atoms with van der Waals surface area (Å²) in [6, 6.07) is 11.4. The van der Waals surface area contributed by atoms with Gasteiger partial charge in [0.05, 0.1) is 5.56 Å². The molecule has 4 heteroatoms. The van der Waals surface area contributed by atoms with Crippen molar-refractivity contribution in [1.82, 2.24) is 5.32 Å². The molecule has 4 nitrogen and oxygen atoms in total. The minimum Gasteiger partial charge on any atom is -0.398 e. The molecule has 1 amide bonds. The zero-order valence-electron chi connectivity index (χ0n) is 11.8. The average molecular weight is 272 g/mol. The number of aliphatic hydroxyl groups is 1. The first-order valence-electron chi connectivity index (χ1n) is 6.60. The number of nitrogens with one attached hydrogen (secondary N) is 1. The van der Waals surface area contributed by atoms with Crippen LogP contribution in [-0.4, -0.2) is 24.2 Å². The Morgan fingerprint density at radius 3 is 2.45 bits per heavy atom. The van der Waals surface area contributed by atoms with E-state index in [0.29, 0.717) is 17.8 Å². The van der Waals surface area contributed by atoms with Crippen LogP contribution in [0.3, 0.4) is 0 Å². The van der Waals surface area contributed by atoms with Crippen LogP contribution in [0.2, 0.25) is 0 Å². The number of benzene rings is 2. The highest BCUT2D eigenvalue weighted by Crippen LogP contribution is 2.22. The minimum atomic E-state index is -0.346. The molecule has 0 saturated carbocycles. The van der Waals surface area contributed by atoms with Gasteiger partial charge in [-0.3, -0.25) is 4.79 Å². The Morgan fingerprint density at radius 2 is 1.85 bits per heavy atom. The van der Waals surface area contributed by atoms with E-state index in [9.17, 15) is 9.90 Å². The van der Waals surface area contributed by atoms with Gasteiger partial charge in [0, 0.05) is 24.3 Å². The summed E-state index contributed by atoms with van der Waals surface area (Å²) in [5.41, 5.74) is 6.53. The molecule has 0 aliphatic rings. The molecule has 0 radical (unpaired) electrons. The predicted molar refractivity (Wildman–Crippen MR) is 81.6 cm³/mol. The summed E-state index contributed by atoms with van der Waals surface area (Å²) in [7, 11) is 0. The van der Waals surface area contributed by atoms with Crippen molar-refractivity contribution in [3.8, 4) is 0 Å². The number of carbonyl (C=O) groups excluding carboxylic acids is 1. The molecule has 2 aromatic carbocycles. The van der Waals surface area contributed by atoms with E-state index >= 15 is 0 Å². The zero-order valence-corrected chi connectivity index (χ0v) is 11.8. The summed E-state index contributed by atoms with van der Waals surface area (Å²) in [4.78, 5) is 12.2. The summed E-state index contributed by atoms with van der Waals surface area (Å²) in [6.45, 7) is 4.18. The van der Waals surface area contributed by atoms with Crippen LogP contribution >= 0.6 is 0 Å². The summed E-state index contributed by atoms with van der Waals surface area (Å²) in [5, 5.41) is 14.0. The van der Waals surface area contributed by atoms with Crippen LogP contribution in [0.4, 0.5) is 5.69 Å². The van der Waals surface area contributed by atoms with Crippen molar-refractivity contribution in [2.24, 2.45) is 5.41 Å². The Bertz CT molecular complexity index is 635. The third-order valence-electron chi connectivity index (χ3n) is 3.32. The second-order valence-corrected chi connectivity index (χ2v) is 5.79. The molecule has 106 valence electrons. The van der Waals surface area contributed by atoms with Gasteiger partial charge in [-0.2, -0.15) is 0 Å². The Kier molecular flexibility index (Phi) is 3.95. The number of hydrogen-bond acceptors (Lipinski definition) is 3. The van der Waals surface area contributed by atoms with Crippen molar-refractivity contribution in [2.45, 2.75) is 13.8 Å². The number of rotatable bonds is 4. The number of nitrogen functional groups attached to an aromatic ring is 1. The van der Waals surface area contributed by atoms with Crippen LogP contribution in [0.15, 0.2) is 36.4 Å². The first kappa shape index (κ1) is 14.3. The maximum absolute atomic E-state index is 12.2. The molecule has 20 heavy (non-hydrogen) atoms. The predicted octanol–water partition coefficient (Wildman–Crippen LogP) is 2.17. The molecule has 0 aromatic heterocycles. The normalized spacial score (nSPS) is 11.6. The zero-order chi connectivity index (χ0) is 14.8. The van der Waals surface area contributed by atoms with E-state index in [-0.39, 0.29) is 17.9 Å². The maximum Gasteiger partial charge on any atom is 0.253 e. The van der Waals surface area contributed by atoms with Crippen molar-refractivity contribution < 1.29 is 9.90 Å². The Hall–Kier alpha value is -2.07. The highest BCUT2D eigenvalue weighted by atomic mass is 16.3. The SMILES string of the molecule is CC(C)(CO)CNC(=O)c1cc2ccccc2cc1N. The molecule has 0 heterocycles. The number of nitrogens with two attached hydrogens (primary N) is 1. The molecule has 4 N–H and O–H groups in total. The van der Waals surface area contributed by atoms with E-state index in [1.54, 1.807) is 12.1 Å². The van der Waals surface area contributed by atoms with Gasteiger partial charge in [-0.1, -0.05) is 38.1 Å². The lowest BCUT2D eigenvalue weighted by atomic mass is 9.95. The van der Waals surface area contributed by atoms with Gasteiger partial charge in [0.15, 0.2) is 0 Å². The van der Waals surface area contributed by atoms with Crippen molar-refractivity contribution in [2.75, 3.05) is 18.9 Å². The van der Waals surface area contributed by atoms with E-state index in [0.717, 1.165) is 10.8 Å². The molecule has 0 saturated heterocycles. The fraction of sp³-hybridized carbons (Fsp3) is 0.312. The van der Waals surface area contributed by atoms with E-state index in [2.05, 4.69) is 5.32 Å². The van der Waals surface area contributed by atoms with Gasteiger partial charge in [0.1, 0.15) is 0 Å². The van der Waals surface area contributed by atoms with E-state index in [1.807, 2.05) is 38.1 Å². The summed E-state index contributed by atoms with van der Waals surface area (Å²) < 4.78 is 0. The lowest BCUT2D eigenvalue weighted by Crippen LogP contribution is -2.36. The van der Waals surface area contributed by atoms with Crippen LogP contribution in [0, 0.1) is 5.41 Å². The molecule has 0 spiro atoms. The van der Waals surface area contributed by atoms with Crippen LogP contribution < -0.4 is 11.1 Å². The summed E-state index contributed by atoms with van der Waals surface area (Å²) in [5.74, 6) is -0.213. The summed E-state index contributed by atoms with van der Waals surface area (Å²) in [6.07, 6.45) is 0. The van der Waals surface area contributed by atoms with E-state index in [4.69, 9.17) is 5.73 Å². The van der Waals surface area contributed by atoms with Crippen molar-refractivity contribution in [1.29, 1.82) is 0 Å². The molecule has 0 bridgehead atoms. The Morgan fingerprint density at radius 1 is 1.25 bits per heavy atom. The lowest BCUT2D eigenvalue weighted by Gasteiger charge is -2.22. The second-order valence-electron chi connectivity index (χ2n) is 5.79. The fourth-order valence-electron chi connectivity index (χ4n) is 1.93. The van der Waals surface area contributed by atoms with Gasteiger partial charge in [-0.25, -0.2) is 0 Å².